The third-order valence-corrected chi connectivity index (χ3v) is 2.19. The highest BCUT2D eigenvalue weighted by Gasteiger charge is 2.02. The van der Waals surface area contributed by atoms with Crippen LogP contribution in [0.15, 0.2) is 42.9 Å². The van der Waals surface area contributed by atoms with Crippen molar-refractivity contribution in [1.29, 1.82) is 0 Å². The number of methoxy groups -OCH3 is 1. The summed E-state index contributed by atoms with van der Waals surface area (Å²) in [5.41, 5.74) is 5.69. The molecule has 0 aliphatic rings. The van der Waals surface area contributed by atoms with Crippen LogP contribution >= 0.6 is 0 Å². The van der Waals surface area contributed by atoms with Crippen molar-refractivity contribution in [3.05, 3.63) is 42.9 Å². The number of ether oxygens (including phenoxy) is 1. The SMILES string of the molecule is COc1cccc(NC(=O)NNc2cnccn2)c1. The van der Waals surface area contributed by atoms with Crippen molar-refractivity contribution in [2.24, 2.45) is 0 Å². The number of amides is 2. The number of nitrogens with zero attached hydrogens (tertiary/aromatic N) is 2. The number of hydrogen-bond donors (Lipinski definition) is 3. The Bertz CT molecular complexity index is 547. The van der Waals surface area contributed by atoms with Gasteiger partial charge >= 0.3 is 6.03 Å². The molecule has 19 heavy (non-hydrogen) atoms. The summed E-state index contributed by atoms with van der Waals surface area (Å²) in [5.74, 6) is 1.11. The largest absolute Gasteiger partial charge is 0.497 e. The first-order valence-electron chi connectivity index (χ1n) is 5.51. The minimum absolute atomic E-state index is 0.418. The van der Waals surface area contributed by atoms with Crippen LogP contribution in [-0.2, 0) is 0 Å². The van der Waals surface area contributed by atoms with Crippen LogP contribution in [0.5, 0.6) is 5.75 Å². The molecule has 0 aliphatic heterocycles. The van der Waals surface area contributed by atoms with E-state index >= 15 is 0 Å². The monoisotopic (exact) mass is 259 g/mol. The molecular formula is C12H13N5O2. The molecule has 1 heterocycles. The van der Waals surface area contributed by atoms with E-state index in [0.717, 1.165) is 0 Å². The second-order valence-electron chi connectivity index (χ2n) is 3.53. The first-order chi connectivity index (χ1) is 9.28. The van der Waals surface area contributed by atoms with Gasteiger partial charge in [-0.1, -0.05) is 6.07 Å². The summed E-state index contributed by atoms with van der Waals surface area (Å²) in [5, 5.41) is 2.65. The number of benzene rings is 1. The third-order valence-electron chi connectivity index (χ3n) is 2.19. The molecule has 0 saturated carbocycles. The predicted molar refractivity (Wildman–Crippen MR) is 70.8 cm³/mol. The normalized spacial score (nSPS) is 9.53. The van der Waals surface area contributed by atoms with Gasteiger partial charge in [0, 0.05) is 24.1 Å². The average molecular weight is 259 g/mol. The molecule has 1 aromatic heterocycles. The Balaban J connectivity index is 1.87. The molecule has 2 aromatic rings. The topological polar surface area (TPSA) is 88.2 Å². The number of rotatable bonds is 4. The van der Waals surface area contributed by atoms with Gasteiger partial charge in [-0.15, -0.1) is 0 Å². The van der Waals surface area contributed by atoms with Crippen LogP contribution in [0.3, 0.4) is 0 Å². The maximum atomic E-state index is 11.6. The quantitative estimate of drug-likeness (QED) is 0.726. The first kappa shape index (κ1) is 12.6. The van der Waals surface area contributed by atoms with Crippen molar-refractivity contribution in [1.82, 2.24) is 15.4 Å². The smallest absolute Gasteiger partial charge is 0.337 e. The fourth-order valence-electron chi connectivity index (χ4n) is 1.35. The molecule has 1 aromatic carbocycles. The fourth-order valence-corrected chi connectivity index (χ4v) is 1.35. The van der Waals surface area contributed by atoms with E-state index in [1.165, 1.54) is 12.4 Å². The van der Waals surface area contributed by atoms with Gasteiger partial charge < -0.3 is 10.1 Å². The summed E-state index contributed by atoms with van der Waals surface area (Å²) in [6.07, 6.45) is 4.55. The maximum absolute atomic E-state index is 11.6. The van der Waals surface area contributed by atoms with Gasteiger partial charge in [0.05, 0.1) is 13.3 Å². The molecule has 2 amide bonds. The van der Waals surface area contributed by atoms with Crippen LogP contribution < -0.4 is 20.9 Å². The van der Waals surface area contributed by atoms with Crippen LogP contribution in [0.1, 0.15) is 0 Å². The van der Waals surface area contributed by atoms with Crippen molar-refractivity contribution in [3.63, 3.8) is 0 Å². The van der Waals surface area contributed by atoms with E-state index in [9.17, 15) is 4.79 Å². The second-order valence-corrected chi connectivity index (χ2v) is 3.53. The zero-order valence-electron chi connectivity index (χ0n) is 10.3. The van der Waals surface area contributed by atoms with Gasteiger partial charge in [-0.25, -0.2) is 15.2 Å². The maximum Gasteiger partial charge on any atom is 0.337 e. The molecule has 3 N–H and O–H groups in total. The zero-order valence-corrected chi connectivity index (χ0v) is 10.3. The minimum Gasteiger partial charge on any atom is -0.497 e. The molecule has 0 radical (unpaired) electrons. The molecule has 0 bridgehead atoms. The molecule has 0 unspecified atom stereocenters. The lowest BCUT2D eigenvalue weighted by Gasteiger charge is -2.09. The highest BCUT2D eigenvalue weighted by molar-refractivity contribution is 5.90. The molecule has 7 heteroatoms. The van der Waals surface area contributed by atoms with Crippen molar-refractivity contribution in [2.45, 2.75) is 0 Å². The number of anilines is 2. The lowest BCUT2D eigenvalue weighted by atomic mass is 10.3. The summed E-state index contributed by atoms with van der Waals surface area (Å²) < 4.78 is 5.06. The van der Waals surface area contributed by atoms with Crippen LogP contribution in [0.25, 0.3) is 0 Å². The van der Waals surface area contributed by atoms with Gasteiger partial charge in [0.15, 0.2) is 5.82 Å². The van der Waals surface area contributed by atoms with Crippen molar-refractivity contribution in [2.75, 3.05) is 17.9 Å². The second kappa shape index (κ2) is 6.20. The van der Waals surface area contributed by atoms with Gasteiger partial charge in [0.1, 0.15) is 5.75 Å². The summed E-state index contributed by atoms with van der Waals surface area (Å²) >= 11 is 0. The Kier molecular flexibility index (Phi) is 4.12. The van der Waals surface area contributed by atoms with Crippen LogP contribution in [-0.4, -0.2) is 23.1 Å². The molecule has 0 spiro atoms. The standard InChI is InChI=1S/C12H13N5O2/c1-19-10-4-2-3-9(7-10)15-12(18)17-16-11-8-13-5-6-14-11/h2-8H,1H3,(H,14,16)(H2,15,17,18). The van der Waals surface area contributed by atoms with Crippen LogP contribution in [0.2, 0.25) is 0 Å². The Morgan fingerprint density at radius 3 is 2.95 bits per heavy atom. The highest BCUT2D eigenvalue weighted by Crippen LogP contribution is 2.16. The summed E-state index contributed by atoms with van der Waals surface area (Å²) in [6.45, 7) is 0. The van der Waals surface area contributed by atoms with Gasteiger partial charge in [-0.2, -0.15) is 0 Å². The number of urea groups is 1. The van der Waals surface area contributed by atoms with Crippen LogP contribution in [0, 0.1) is 0 Å². The highest BCUT2D eigenvalue weighted by atomic mass is 16.5. The number of hydrogen-bond acceptors (Lipinski definition) is 5. The number of hydrazine groups is 1. The number of nitrogens with one attached hydrogen (secondary N) is 3. The minimum atomic E-state index is -0.418. The molecule has 0 atom stereocenters. The molecule has 98 valence electrons. The third kappa shape index (κ3) is 3.84. The Hall–Kier alpha value is -2.83. The molecule has 2 rings (SSSR count). The van der Waals surface area contributed by atoms with Gasteiger partial charge in [-0.3, -0.25) is 10.4 Å². The Morgan fingerprint density at radius 2 is 2.21 bits per heavy atom. The Morgan fingerprint density at radius 1 is 1.32 bits per heavy atom. The summed E-state index contributed by atoms with van der Waals surface area (Å²) in [4.78, 5) is 19.4. The van der Waals surface area contributed by atoms with Crippen molar-refractivity contribution >= 4 is 17.5 Å². The fraction of sp³-hybridized carbons (Fsp3) is 0.0833. The van der Waals surface area contributed by atoms with Gasteiger partial charge in [0.25, 0.3) is 0 Å². The molecule has 0 aliphatic carbocycles. The Labute approximate surface area is 110 Å². The van der Waals surface area contributed by atoms with Crippen molar-refractivity contribution < 1.29 is 9.53 Å². The summed E-state index contributed by atoms with van der Waals surface area (Å²) in [6, 6.07) is 6.62. The summed E-state index contributed by atoms with van der Waals surface area (Å²) in [7, 11) is 1.56. The molecule has 0 fully saturated rings. The average Bonchev–Trinajstić information content (AvgIpc) is 2.46. The van der Waals surface area contributed by atoms with E-state index in [2.05, 4.69) is 26.1 Å². The number of aromatic nitrogens is 2. The van der Waals surface area contributed by atoms with E-state index in [0.29, 0.717) is 17.3 Å². The lowest BCUT2D eigenvalue weighted by molar-refractivity contribution is 0.254. The number of carbonyl (C=O) groups is 1. The predicted octanol–water partition coefficient (Wildman–Crippen LogP) is 1.63. The molecule has 7 nitrogen and oxygen atoms in total. The first-order valence-corrected chi connectivity index (χ1v) is 5.51. The van der Waals surface area contributed by atoms with E-state index in [-0.39, 0.29) is 0 Å². The lowest BCUT2D eigenvalue weighted by Crippen LogP contribution is -2.33. The van der Waals surface area contributed by atoms with E-state index in [1.54, 1.807) is 37.6 Å². The van der Waals surface area contributed by atoms with Gasteiger partial charge in [-0.05, 0) is 12.1 Å². The van der Waals surface area contributed by atoms with Gasteiger partial charge in [0.2, 0.25) is 0 Å². The van der Waals surface area contributed by atoms with Crippen LogP contribution in [0.4, 0.5) is 16.3 Å². The van der Waals surface area contributed by atoms with E-state index in [1.807, 2.05) is 0 Å². The van der Waals surface area contributed by atoms with E-state index < -0.39 is 6.03 Å². The zero-order chi connectivity index (χ0) is 13.5. The number of carbonyl (C=O) groups excluding carboxylic acids is 1. The molecule has 0 saturated heterocycles. The van der Waals surface area contributed by atoms with Crippen molar-refractivity contribution in [3.8, 4) is 5.75 Å². The molecular weight excluding hydrogens is 246 g/mol. The van der Waals surface area contributed by atoms with E-state index in [4.69, 9.17) is 4.74 Å².